The molecule has 4 rings (SSSR count). The van der Waals surface area contributed by atoms with Gasteiger partial charge >= 0.3 is 0 Å². The number of non-ortho nitro benzene ring substituents is 1. The molecule has 2 atom stereocenters. The monoisotopic (exact) mass is 537 g/mol. The van der Waals surface area contributed by atoms with Gasteiger partial charge in [-0.25, -0.2) is 4.39 Å². The van der Waals surface area contributed by atoms with Crippen LogP contribution in [0, 0.1) is 26.0 Å². The van der Waals surface area contributed by atoms with Crippen LogP contribution in [0.25, 0.3) is 0 Å². The highest BCUT2D eigenvalue weighted by atomic mass is 19.1. The van der Waals surface area contributed by atoms with Crippen molar-refractivity contribution < 1.29 is 23.8 Å². The molecule has 0 bridgehead atoms. The van der Waals surface area contributed by atoms with Crippen LogP contribution in [-0.4, -0.2) is 57.3 Å². The highest BCUT2D eigenvalue weighted by molar-refractivity contribution is 5.78. The maximum absolute atomic E-state index is 13.2. The summed E-state index contributed by atoms with van der Waals surface area (Å²) in [6.07, 6.45) is 0. The summed E-state index contributed by atoms with van der Waals surface area (Å²) in [7, 11) is 0. The van der Waals surface area contributed by atoms with Crippen molar-refractivity contribution in [2.24, 2.45) is 0 Å². The lowest BCUT2D eigenvalue weighted by molar-refractivity contribution is -0.393. The first-order chi connectivity index (χ1) is 18.6. The van der Waals surface area contributed by atoms with Crippen LogP contribution in [0.3, 0.4) is 0 Å². The van der Waals surface area contributed by atoms with Crippen LogP contribution in [0.15, 0.2) is 66.7 Å². The van der Waals surface area contributed by atoms with Gasteiger partial charge in [-0.3, -0.25) is 29.9 Å². The van der Waals surface area contributed by atoms with Gasteiger partial charge in [0.2, 0.25) is 0 Å². The number of nitro groups is 2. The van der Waals surface area contributed by atoms with Crippen LogP contribution < -0.4 is 10.1 Å². The standard InChI is InChI=1S/C27H28FN5O6/c1-18-15-31(19(2)14-30(18)16-20-3-5-21(28)6-4-20)27(34)17-39-24-10-7-22(8-11-24)29-25-12-9-23(32(35)36)13-26(25)33(37)38/h3-13,18-19,29H,14-17H2,1-2H3. The maximum Gasteiger partial charge on any atom is 0.299 e. The first-order valence-corrected chi connectivity index (χ1v) is 12.3. The van der Waals surface area contributed by atoms with E-state index in [0.29, 0.717) is 31.1 Å². The van der Waals surface area contributed by atoms with E-state index in [4.69, 9.17) is 4.74 Å². The molecule has 0 spiro atoms. The van der Waals surface area contributed by atoms with E-state index in [1.165, 1.54) is 24.3 Å². The Morgan fingerprint density at radius 3 is 2.31 bits per heavy atom. The molecule has 3 aromatic rings. The molecule has 12 heteroatoms. The molecule has 0 aromatic heterocycles. The number of halogens is 1. The molecule has 1 aliphatic heterocycles. The lowest BCUT2D eigenvalue weighted by atomic mass is 10.1. The maximum atomic E-state index is 13.2. The van der Waals surface area contributed by atoms with Crippen LogP contribution in [0.5, 0.6) is 5.75 Å². The molecule has 1 N–H and O–H groups in total. The van der Waals surface area contributed by atoms with E-state index in [1.807, 2.05) is 6.92 Å². The van der Waals surface area contributed by atoms with Crippen molar-refractivity contribution >= 4 is 28.7 Å². The van der Waals surface area contributed by atoms with E-state index in [-0.39, 0.29) is 41.8 Å². The number of nitro benzene ring substituents is 2. The average Bonchev–Trinajstić information content (AvgIpc) is 2.91. The second kappa shape index (κ2) is 11.9. The fourth-order valence-corrected chi connectivity index (χ4v) is 4.50. The molecule has 0 radical (unpaired) electrons. The highest BCUT2D eigenvalue weighted by Crippen LogP contribution is 2.32. The Labute approximate surface area is 224 Å². The number of carbonyl (C=O) groups excluding carboxylic acids is 1. The first kappa shape index (κ1) is 27.5. The number of rotatable bonds is 9. The van der Waals surface area contributed by atoms with Crippen LogP contribution in [-0.2, 0) is 11.3 Å². The Morgan fingerprint density at radius 1 is 0.974 bits per heavy atom. The molecular weight excluding hydrogens is 509 g/mol. The lowest BCUT2D eigenvalue weighted by Crippen LogP contribution is -2.58. The van der Waals surface area contributed by atoms with Crippen molar-refractivity contribution in [3.05, 3.63) is 98.3 Å². The number of amides is 1. The van der Waals surface area contributed by atoms with Gasteiger partial charge in [0, 0.05) is 43.5 Å². The largest absolute Gasteiger partial charge is 0.484 e. The summed E-state index contributed by atoms with van der Waals surface area (Å²) in [6, 6.07) is 16.4. The number of anilines is 2. The molecule has 3 aromatic carbocycles. The third-order valence-corrected chi connectivity index (χ3v) is 6.62. The molecule has 39 heavy (non-hydrogen) atoms. The zero-order valence-corrected chi connectivity index (χ0v) is 21.5. The quantitative estimate of drug-likeness (QED) is 0.302. The molecule has 1 saturated heterocycles. The van der Waals surface area contributed by atoms with Crippen LogP contribution in [0.1, 0.15) is 19.4 Å². The minimum Gasteiger partial charge on any atom is -0.484 e. The summed E-state index contributed by atoms with van der Waals surface area (Å²) in [5.41, 5.74) is 0.830. The van der Waals surface area contributed by atoms with Crippen LogP contribution >= 0.6 is 0 Å². The SMILES string of the molecule is CC1CN(C(=O)COc2ccc(Nc3ccc([N+](=O)[O-])cc3[N+](=O)[O-])cc2)C(C)CN1Cc1ccc(F)cc1. The van der Waals surface area contributed by atoms with Gasteiger partial charge in [0.1, 0.15) is 17.3 Å². The second-order valence-corrected chi connectivity index (χ2v) is 9.45. The van der Waals surface area contributed by atoms with Crippen LogP contribution in [0.2, 0.25) is 0 Å². The summed E-state index contributed by atoms with van der Waals surface area (Å²) in [6.45, 7) is 5.79. The number of hydrogen-bond donors (Lipinski definition) is 1. The molecule has 0 aliphatic carbocycles. The molecule has 204 valence electrons. The van der Waals surface area contributed by atoms with Crippen LogP contribution in [0.4, 0.5) is 27.1 Å². The van der Waals surface area contributed by atoms with E-state index in [1.54, 1.807) is 41.3 Å². The van der Waals surface area contributed by atoms with Gasteiger partial charge in [-0.15, -0.1) is 0 Å². The van der Waals surface area contributed by atoms with E-state index in [2.05, 4.69) is 17.1 Å². The average molecular weight is 538 g/mol. The normalized spacial score (nSPS) is 17.5. The molecular formula is C27H28FN5O6. The van der Waals surface area contributed by atoms with E-state index >= 15 is 0 Å². The Kier molecular flexibility index (Phi) is 8.35. The third kappa shape index (κ3) is 6.85. The Balaban J connectivity index is 1.31. The summed E-state index contributed by atoms with van der Waals surface area (Å²) < 4.78 is 18.9. The predicted molar refractivity (Wildman–Crippen MR) is 142 cm³/mol. The molecule has 1 amide bonds. The number of benzene rings is 3. The topological polar surface area (TPSA) is 131 Å². The third-order valence-electron chi connectivity index (χ3n) is 6.62. The van der Waals surface area contributed by atoms with Crippen molar-refractivity contribution in [1.82, 2.24) is 9.80 Å². The van der Waals surface area contributed by atoms with Gasteiger partial charge in [0.15, 0.2) is 6.61 Å². The Hall–Kier alpha value is -4.58. The van der Waals surface area contributed by atoms with Crippen molar-refractivity contribution in [1.29, 1.82) is 0 Å². The second-order valence-electron chi connectivity index (χ2n) is 9.45. The minimum absolute atomic E-state index is 0.0261. The zero-order valence-electron chi connectivity index (χ0n) is 21.5. The molecule has 1 aliphatic rings. The summed E-state index contributed by atoms with van der Waals surface area (Å²) in [4.78, 5) is 37.9. The minimum atomic E-state index is -0.695. The lowest BCUT2D eigenvalue weighted by Gasteiger charge is -2.44. The van der Waals surface area contributed by atoms with Crippen molar-refractivity contribution in [3.63, 3.8) is 0 Å². The summed E-state index contributed by atoms with van der Waals surface area (Å²) >= 11 is 0. The number of nitrogens with zero attached hydrogens (tertiary/aromatic N) is 4. The van der Waals surface area contributed by atoms with Gasteiger partial charge in [-0.2, -0.15) is 0 Å². The molecule has 1 fully saturated rings. The summed E-state index contributed by atoms with van der Waals surface area (Å²) in [5.74, 6) is 0.0391. The predicted octanol–water partition coefficient (Wildman–Crippen LogP) is 4.89. The number of piperazine rings is 1. The number of carbonyl (C=O) groups is 1. The number of ether oxygens (including phenoxy) is 1. The fraction of sp³-hybridized carbons (Fsp3) is 0.296. The van der Waals surface area contributed by atoms with Gasteiger partial charge in [-0.1, -0.05) is 12.1 Å². The number of hydrogen-bond acceptors (Lipinski definition) is 8. The molecule has 0 saturated carbocycles. The van der Waals surface area contributed by atoms with E-state index < -0.39 is 15.5 Å². The molecule has 2 unspecified atom stereocenters. The molecule has 1 heterocycles. The van der Waals surface area contributed by atoms with E-state index in [0.717, 1.165) is 11.6 Å². The smallest absolute Gasteiger partial charge is 0.299 e. The van der Waals surface area contributed by atoms with Gasteiger partial charge in [-0.05, 0) is 61.9 Å². The Bertz CT molecular complexity index is 1350. The molecule has 11 nitrogen and oxygen atoms in total. The number of nitrogens with one attached hydrogen (secondary N) is 1. The van der Waals surface area contributed by atoms with Crippen molar-refractivity contribution in [2.75, 3.05) is 25.0 Å². The first-order valence-electron chi connectivity index (χ1n) is 12.3. The van der Waals surface area contributed by atoms with Gasteiger partial charge in [0.05, 0.1) is 15.9 Å². The fourth-order valence-electron chi connectivity index (χ4n) is 4.50. The van der Waals surface area contributed by atoms with Gasteiger partial charge < -0.3 is 15.0 Å². The highest BCUT2D eigenvalue weighted by Gasteiger charge is 2.32. The summed E-state index contributed by atoms with van der Waals surface area (Å²) in [5, 5.41) is 25.2. The van der Waals surface area contributed by atoms with Gasteiger partial charge in [0.25, 0.3) is 17.3 Å². The van der Waals surface area contributed by atoms with Crippen molar-refractivity contribution in [3.8, 4) is 5.75 Å². The Morgan fingerprint density at radius 2 is 1.67 bits per heavy atom. The van der Waals surface area contributed by atoms with E-state index in [9.17, 15) is 29.4 Å². The zero-order chi connectivity index (χ0) is 28.1. The van der Waals surface area contributed by atoms with Crippen molar-refractivity contribution in [2.45, 2.75) is 32.5 Å².